The molecule has 0 spiro atoms. The van der Waals surface area contributed by atoms with Crippen LogP contribution in [0.5, 0.6) is 0 Å². The minimum absolute atomic E-state index is 0.0443. The van der Waals surface area contributed by atoms with Crippen LogP contribution in [-0.4, -0.2) is 36.5 Å². The van der Waals surface area contributed by atoms with Gasteiger partial charge < -0.3 is 10.2 Å². The summed E-state index contributed by atoms with van der Waals surface area (Å²) in [7, 11) is 0. The van der Waals surface area contributed by atoms with E-state index in [4.69, 9.17) is 23.2 Å². The number of hydrogen-bond acceptors (Lipinski definition) is 2. The normalized spacial score (nSPS) is 26.3. The highest BCUT2D eigenvalue weighted by atomic mass is 35.5. The average Bonchev–Trinajstić information content (AvgIpc) is 2.84. The van der Waals surface area contributed by atoms with Crippen molar-refractivity contribution in [2.75, 3.05) is 19.6 Å². The molecule has 1 amide bonds. The van der Waals surface area contributed by atoms with Gasteiger partial charge in [0.05, 0.1) is 0 Å². The molecule has 2 heterocycles. The first kappa shape index (κ1) is 13.2. The number of rotatable bonds is 1. The van der Waals surface area contributed by atoms with Crippen molar-refractivity contribution in [3.63, 3.8) is 0 Å². The molecule has 1 aromatic carbocycles. The van der Waals surface area contributed by atoms with Gasteiger partial charge in [0.15, 0.2) is 0 Å². The van der Waals surface area contributed by atoms with E-state index in [9.17, 15) is 4.79 Å². The van der Waals surface area contributed by atoms with Crippen molar-refractivity contribution in [3.05, 3.63) is 33.8 Å². The topological polar surface area (TPSA) is 32.3 Å². The van der Waals surface area contributed by atoms with E-state index in [0.29, 0.717) is 27.6 Å². The molecular formula is C14H16Cl2N2O. The second-order valence-corrected chi connectivity index (χ2v) is 6.16. The molecule has 102 valence electrons. The fourth-order valence-corrected chi connectivity index (χ4v) is 3.69. The third-order valence-corrected chi connectivity index (χ3v) is 4.49. The fourth-order valence-electron chi connectivity index (χ4n) is 3.16. The SMILES string of the molecule is O=C(c1cc(Cl)cc(Cl)c1)N1CCCC2CNCC21. The van der Waals surface area contributed by atoms with E-state index in [2.05, 4.69) is 5.32 Å². The molecule has 0 bridgehead atoms. The Kier molecular flexibility index (Phi) is 3.70. The van der Waals surface area contributed by atoms with Gasteiger partial charge >= 0.3 is 0 Å². The third kappa shape index (κ3) is 2.60. The number of nitrogens with zero attached hydrogens (tertiary/aromatic N) is 1. The van der Waals surface area contributed by atoms with Gasteiger partial charge in [-0.2, -0.15) is 0 Å². The summed E-state index contributed by atoms with van der Waals surface area (Å²) in [4.78, 5) is 14.6. The van der Waals surface area contributed by atoms with Crippen molar-refractivity contribution >= 4 is 29.1 Å². The number of nitrogens with one attached hydrogen (secondary N) is 1. The molecular weight excluding hydrogens is 283 g/mol. The number of fused-ring (bicyclic) bond motifs is 1. The molecule has 19 heavy (non-hydrogen) atoms. The van der Waals surface area contributed by atoms with Crippen LogP contribution in [0.4, 0.5) is 0 Å². The van der Waals surface area contributed by atoms with Gasteiger partial charge in [-0.3, -0.25) is 4.79 Å². The largest absolute Gasteiger partial charge is 0.334 e. The van der Waals surface area contributed by atoms with Gasteiger partial charge in [-0.05, 0) is 37.0 Å². The average molecular weight is 299 g/mol. The number of carbonyl (C=O) groups excluding carboxylic acids is 1. The van der Waals surface area contributed by atoms with Crippen molar-refractivity contribution in [3.8, 4) is 0 Å². The molecule has 2 aliphatic heterocycles. The predicted molar refractivity (Wildman–Crippen MR) is 76.9 cm³/mol. The lowest BCUT2D eigenvalue weighted by atomic mass is 9.91. The highest BCUT2D eigenvalue weighted by Crippen LogP contribution is 2.29. The van der Waals surface area contributed by atoms with Crippen molar-refractivity contribution in [2.24, 2.45) is 5.92 Å². The lowest BCUT2D eigenvalue weighted by Crippen LogP contribution is -2.48. The first-order chi connectivity index (χ1) is 9.15. The first-order valence-corrected chi connectivity index (χ1v) is 7.38. The van der Waals surface area contributed by atoms with Crippen LogP contribution >= 0.6 is 23.2 Å². The number of piperidine rings is 1. The van der Waals surface area contributed by atoms with E-state index in [-0.39, 0.29) is 5.91 Å². The van der Waals surface area contributed by atoms with Crippen LogP contribution in [-0.2, 0) is 0 Å². The number of amides is 1. The van der Waals surface area contributed by atoms with Gasteiger partial charge in [0.2, 0.25) is 0 Å². The summed E-state index contributed by atoms with van der Waals surface area (Å²) in [5, 5.41) is 4.39. The van der Waals surface area contributed by atoms with Crippen LogP contribution in [0.3, 0.4) is 0 Å². The standard InChI is InChI=1S/C14H16Cl2N2O/c15-11-4-10(5-12(16)6-11)14(19)18-3-1-2-9-7-17-8-13(9)18/h4-6,9,13,17H,1-3,7-8H2. The summed E-state index contributed by atoms with van der Waals surface area (Å²) in [5.41, 5.74) is 0.588. The van der Waals surface area contributed by atoms with Crippen LogP contribution in [0.1, 0.15) is 23.2 Å². The maximum atomic E-state index is 12.6. The molecule has 0 aliphatic carbocycles. The quantitative estimate of drug-likeness (QED) is 0.865. The van der Waals surface area contributed by atoms with E-state index in [0.717, 1.165) is 26.1 Å². The molecule has 0 saturated carbocycles. The molecule has 3 nitrogen and oxygen atoms in total. The second kappa shape index (κ2) is 5.31. The van der Waals surface area contributed by atoms with Gasteiger partial charge in [-0.15, -0.1) is 0 Å². The number of carbonyl (C=O) groups is 1. The molecule has 5 heteroatoms. The number of halogens is 2. The molecule has 3 rings (SSSR count). The minimum Gasteiger partial charge on any atom is -0.334 e. The Morgan fingerprint density at radius 3 is 2.68 bits per heavy atom. The Morgan fingerprint density at radius 2 is 1.95 bits per heavy atom. The summed E-state index contributed by atoms with van der Waals surface area (Å²) in [6.45, 7) is 2.74. The van der Waals surface area contributed by atoms with Crippen molar-refractivity contribution in [2.45, 2.75) is 18.9 Å². The maximum absolute atomic E-state index is 12.6. The van der Waals surface area contributed by atoms with Crippen LogP contribution in [0.2, 0.25) is 10.0 Å². The van der Waals surface area contributed by atoms with Crippen LogP contribution < -0.4 is 5.32 Å². The molecule has 1 aromatic rings. The lowest BCUT2D eigenvalue weighted by Gasteiger charge is -2.37. The van der Waals surface area contributed by atoms with E-state index < -0.39 is 0 Å². The van der Waals surface area contributed by atoms with Gasteiger partial charge in [0, 0.05) is 41.3 Å². The van der Waals surface area contributed by atoms with Crippen molar-refractivity contribution in [1.29, 1.82) is 0 Å². The Balaban J connectivity index is 1.86. The molecule has 0 aromatic heterocycles. The first-order valence-electron chi connectivity index (χ1n) is 6.63. The van der Waals surface area contributed by atoms with E-state index in [1.54, 1.807) is 18.2 Å². The Labute approximate surface area is 122 Å². The zero-order valence-electron chi connectivity index (χ0n) is 10.5. The summed E-state index contributed by atoms with van der Waals surface area (Å²) in [5.74, 6) is 0.634. The third-order valence-electron chi connectivity index (χ3n) is 4.05. The number of benzene rings is 1. The van der Waals surface area contributed by atoms with Gasteiger partial charge in [-0.25, -0.2) is 0 Å². The van der Waals surface area contributed by atoms with E-state index in [1.807, 2.05) is 4.90 Å². The Hall–Kier alpha value is -0.770. The van der Waals surface area contributed by atoms with Crippen LogP contribution in [0, 0.1) is 5.92 Å². The second-order valence-electron chi connectivity index (χ2n) is 5.28. The Morgan fingerprint density at radius 1 is 1.21 bits per heavy atom. The summed E-state index contributed by atoms with van der Waals surface area (Å²) in [6, 6.07) is 5.36. The minimum atomic E-state index is 0.0443. The molecule has 2 saturated heterocycles. The predicted octanol–water partition coefficient (Wildman–Crippen LogP) is 2.82. The smallest absolute Gasteiger partial charge is 0.254 e. The zero-order valence-corrected chi connectivity index (χ0v) is 12.0. The molecule has 0 radical (unpaired) electrons. The molecule has 2 atom stereocenters. The highest BCUT2D eigenvalue weighted by Gasteiger charge is 2.37. The highest BCUT2D eigenvalue weighted by molar-refractivity contribution is 6.35. The number of likely N-dealkylation sites (tertiary alicyclic amines) is 1. The van der Waals surface area contributed by atoms with Crippen molar-refractivity contribution < 1.29 is 4.79 Å². The molecule has 2 fully saturated rings. The summed E-state index contributed by atoms with van der Waals surface area (Å²) in [6.07, 6.45) is 2.28. The van der Waals surface area contributed by atoms with Crippen LogP contribution in [0.15, 0.2) is 18.2 Å². The van der Waals surface area contributed by atoms with Crippen LogP contribution in [0.25, 0.3) is 0 Å². The van der Waals surface area contributed by atoms with Crippen molar-refractivity contribution in [1.82, 2.24) is 10.2 Å². The zero-order chi connectivity index (χ0) is 13.4. The maximum Gasteiger partial charge on any atom is 0.254 e. The summed E-state index contributed by atoms with van der Waals surface area (Å²) < 4.78 is 0. The van der Waals surface area contributed by atoms with E-state index in [1.165, 1.54) is 6.42 Å². The molecule has 2 aliphatic rings. The van der Waals surface area contributed by atoms with Gasteiger partial charge in [-0.1, -0.05) is 23.2 Å². The van der Waals surface area contributed by atoms with E-state index >= 15 is 0 Å². The summed E-state index contributed by atoms with van der Waals surface area (Å²) >= 11 is 12.0. The lowest BCUT2D eigenvalue weighted by molar-refractivity contribution is 0.0575. The monoisotopic (exact) mass is 298 g/mol. The Bertz CT molecular complexity index is 486. The number of hydrogen-bond donors (Lipinski definition) is 1. The molecule has 2 unspecified atom stereocenters. The molecule has 1 N–H and O–H groups in total. The fraction of sp³-hybridized carbons (Fsp3) is 0.500. The van der Waals surface area contributed by atoms with Gasteiger partial charge in [0.1, 0.15) is 0 Å². The van der Waals surface area contributed by atoms with Gasteiger partial charge in [0.25, 0.3) is 5.91 Å².